The lowest BCUT2D eigenvalue weighted by Gasteiger charge is -1.99. The van der Waals surface area contributed by atoms with E-state index < -0.39 is 0 Å². The van der Waals surface area contributed by atoms with Crippen molar-refractivity contribution in [1.29, 1.82) is 0 Å². The van der Waals surface area contributed by atoms with Crippen molar-refractivity contribution >= 4 is 0 Å². The summed E-state index contributed by atoms with van der Waals surface area (Å²) in [5.74, 6) is 0. The van der Waals surface area contributed by atoms with Crippen molar-refractivity contribution in [2.75, 3.05) is 6.61 Å². The summed E-state index contributed by atoms with van der Waals surface area (Å²) in [6.07, 6.45) is 4.85. The van der Waals surface area contributed by atoms with Gasteiger partial charge in [0.2, 0.25) is 0 Å². The highest BCUT2D eigenvalue weighted by Gasteiger charge is 2.03. The molecule has 0 saturated carbocycles. The zero-order valence-electron chi connectivity index (χ0n) is 9.21. The van der Waals surface area contributed by atoms with Crippen molar-refractivity contribution in [1.82, 2.24) is 0 Å². The summed E-state index contributed by atoms with van der Waals surface area (Å²) in [4.78, 5) is 0. The third-order valence-corrected chi connectivity index (χ3v) is 2.53. The summed E-state index contributed by atoms with van der Waals surface area (Å²) in [6.45, 7) is 1.08. The number of aliphatic hydroxyl groups excluding tert-OH is 1. The van der Waals surface area contributed by atoms with Crippen LogP contribution in [-0.4, -0.2) is 11.7 Å². The van der Waals surface area contributed by atoms with E-state index in [-0.39, 0.29) is 6.61 Å². The second-order valence-corrected chi connectivity index (χ2v) is 3.84. The smallest absolute Gasteiger partial charge is 0.173 e. The van der Waals surface area contributed by atoms with Crippen molar-refractivity contribution in [2.45, 2.75) is 13.0 Å². The molecule has 0 aliphatic rings. The molecule has 0 bridgehead atoms. The first kappa shape index (κ1) is 10.8. The van der Waals surface area contributed by atoms with E-state index in [1.165, 1.54) is 11.1 Å². The molecule has 1 aromatic heterocycles. The number of rotatable bonds is 4. The van der Waals surface area contributed by atoms with Crippen LogP contribution in [-0.2, 0) is 13.0 Å². The fourth-order valence-corrected chi connectivity index (χ4v) is 1.75. The lowest BCUT2D eigenvalue weighted by molar-refractivity contribution is -0.688. The molecule has 1 aromatic carbocycles. The minimum absolute atomic E-state index is 0.204. The van der Waals surface area contributed by atoms with Gasteiger partial charge in [0.05, 0.1) is 0 Å². The average Bonchev–Trinajstić information content (AvgIpc) is 2.31. The van der Waals surface area contributed by atoms with Gasteiger partial charge in [0.1, 0.15) is 0 Å². The molecule has 1 N–H and O–H groups in total. The van der Waals surface area contributed by atoms with Gasteiger partial charge in [-0.05, 0) is 6.07 Å². The summed E-state index contributed by atoms with van der Waals surface area (Å²) in [7, 11) is 0. The van der Waals surface area contributed by atoms with Gasteiger partial charge in [0.15, 0.2) is 18.9 Å². The predicted molar refractivity (Wildman–Crippen MR) is 63.0 cm³/mol. The normalized spacial score (nSPS) is 10.3. The Labute approximate surface area is 95.8 Å². The van der Waals surface area contributed by atoms with Crippen molar-refractivity contribution in [2.24, 2.45) is 0 Å². The Morgan fingerprint density at radius 3 is 2.44 bits per heavy atom. The SMILES string of the molecule is OCCc1ccc[n+](Cc2ccccc2)c1. The largest absolute Gasteiger partial charge is 0.396 e. The van der Waals surface area contributed by atoms with Crippen LogP contribution >= 0.6 is 0 Å². The van der Waals surface area contributed by atoms with E-state index in [1.807, 2.05) is 36.5 Å². The van der Waals surface area contributed by atoms with E-state index in [4.69, 9.17) is 5.11 Å². The summed E-state index contributed by atoms with van der Waals surface area (Å²) < 4.78 is 2.14. The van der Waals surface area contributed by atoms with Crippen LogP contribution < -0.4 is 4.57 Å². The van der Waals surface area contributed by atoms with Crippen LogP contribution in [0.15, 0.2) is 54.9 Å². The fourth-order valence-electron chi connectivity index (χ4n) is 1.75. The second-order valence-electron chi connectivity index (χ2n) is 3.84. The van der Waals surface area contributed by atoms with E-state index in [0.29, 0.717) is 0 Å². The molecule has 0 radical (unpaired) electrons. The molecule has 16 heavy (non-hydrogen) atoms. The van der Waals surface area contributed by atoms with Gasteiger partial charge >= 0.3 is 0 Å². The van der Waals surface area contributed by atoms with Crippen molar-refractivity contribution in [3.63, 3.8) is 0 Å². The molecule has 2 rings (SSSR count). The van der Waals surface area contributed by atoms with E-state index in [0.717, 1.165) is 13.0 Å². The Morgan fingerprint density at radius 2 is 1.69 bits per heavy atom. The van der Waals surface area contributed by atoms with Crippen LogP contribution in [0.2, 0.25) is 0 Å². The van der Waals surface area contributed by atoms with Crippen molar-refractivity contribution in [3.05, 3.63) is 66.0 Å². The van der Waals surface area contributed by atoms with E-state index in [2.05, 4.69) is 22.9 Å². The van der Waals surface area contributed by atoms with Gasteiger partial charge in [-0.2, -0.15) is 0 Å². The van der Waals surface area contributed by atoms with Crippen molar-refractivity contribution < 1.29 is 9.67 Å². The van der Waals surface area contributed by atoms with Crippen LogP contribution in [0.3, 0.4) is 0 Å². The Hall–Kier alpha value is -1.67. The summed E-state index contributed by atoms with van der Waals surface area (Å²) in [5, 5.41) is 8.89. The Balaban J connectivity index is 2.12. The van der Waals surface area contributed by atoms with Gasteiger partial charge in [0.25, 0.3) is 0 Å². The molecule has 2 heteroatoms. The van der Waals surface area contributed by atoms with E-state index in [1.54, 1.807) is 0 Å². The zero-order chi connectivity index (χ0) is 11.2. The fraction of sp³-hybridized carbons (Fsp3) is 0.214. The van der Waals surface area contributed by atoms with E-state index in [9.17, 15) is 0 Å². The van der Waals surface area contributed by atoms with Gasteiger partial charge < -0.3 is 5.11 Å². The molecule has 1 heterocycles. The van der Waals surface area contributed by atoms with Crippen LogP contribution in [0.5, 0.6) is 0 Å². The third kappa shape index (κ3) is 2.91. The highest BCUT2D eigenvalue weighted by Crippen LogP contribution is 1.99. The predicted octanol–water partition coefficient (Wildman–Crippen LogP) is 1.56. The summed E-state index contributed by atoms with van der Waals surface area (Å²) >= 11 is 0. The van der Waals surface area contributed by atoms with Gasteiger partial charge in [-0.15, -0.1) is 0 Å². The molecule has 2 aromatic rings. The molecular weight excluding hydrogens is 198 g/mol. The third-order valence-electron chi connectivity index (χ3n) is 2.53. The Bertz CT molecular complexity index is 439. The van der Waals surface area contributed by atoms with Gasteiger partial charge in [-0.25, -0.2) is 4.57 Å². The lowest BCUT2D eigenvalue weighted by Crippen LogP contribution is -2.33. The first-order valence-corrected chi connectivity index (χ1v) is 5.51. The highest BCUT2D eigenvalue weighted by molar-refractivity contribution is 5.13. The minimum atomic E-state index is 0.204. The highest BCUT2D eigenvalue weighted by atomic mass is 16.2. The second kappa shape index (κ2) is 5.42. The monoisotopic (exact) mass is 214 g/mol. The Kier molecular flexibility index (Phi) is 3.67. The molecular formula is C14H16NO+. The number of benzene rings is 1. The topological polar surface area (TPSA) is 24.1 Å². The van der Waals surface area contributed by atoms with Crippen LogP contribution in [0.1, 0.15) is 11.1 Å². The first-order valence-electron chi connectivity index (χ1n) is 5.51. The number of hydrogen-bond acceptors (Lipinski definition) is 1. The molecule has 0 spiro atoms. The van der Waals surface area contributed by atoms with Crippen LogP contribution in [0.25, 0.3) is 0 Å². The van der Waals surface area contributed by atoms with Crippen LogP contribution in [0, 0.1) is 0 Å². The molecule has 0 saturated heterocycles. The number of hydrogen-bond donors (Lipinski definition) is 1. The molecule has 0 aliphatic carbocycles. The van der Waals surface area contributed by atoms with Gasteiger partial charge in [0, 0.05) is 30.2 Å². The number of pyridine rings is 1. The summed E-state index contributed by atoms with van der Waals surface area (Å²) in [6, 6.07) is 14.4. The molecule has 0 aliphatic heterocycles. The number of nitrogens with zero attached hydrogens (tertiary/aromatic N) is 1. The average molecular weight is 214 g/mol. The molecule has 82 valence electrons. The van der Waals surface area contributed by atoms with Crippen LogP contribution in [0.4, 0.5) is 0 Å². The Morgan fingerprint density at radius 1 is 0.938 bits per heavy atom. The molecule has 0 amide bonds. The number of aliphatic hydroxyl groups is 1. The van der Waals surface area contributed by atoms with E-state index >= 15 is 0 Å². The zero-order valence-corrected chi connectivity index (χ0v) is 9.21. The minimum Gasteiger partial charge on any atom is -0.396 e. The maximum atomic E-state index is 8.89. The quantitative estimate of drug-likeness (QED) is 0.767. The molecule has 0 atom stereocenters. The first-order chi connectivity index (χ1) is 7.88. The standard InChI is InChI=1S/C14H16NO/c16-10-8-14-7-4-9-15(12-14)11-13-5-2-1-3-6-13/h1-7,9,12,16H,8,10-11H2/q+1. The maximum Gasteiger partial charge on any atom is 0.173 e. The summed E-state index contributed by atoms with van der Waals surface area (Å²) in [5.41, 5.74) is 2.45. The number of aromatic nitrogens is 1. The van der Waals surface area contributed by atoms with Gasteiger partial charge in [-0.3, -0.25) is 0 Å². The molecule has 0 fully saturated rings. The van der Waals surface area contributed by atoms with Gasteiger partial charge in [-0.1, -0.05) is 30.3 Å². The van der Waals surface area contributed by atoms with Crippen molar-refractivity contribution in [3.8, 4) is 0 Å². The maximum absolute atomic E-state index is 8.89. The molecule has 0 unspecified atom stereocenters. The lowest BCUT2D eigenvalue weighted by atomic mass is 10.2. The molecule has 2 nitrogen and oxygen atoms in total.